The monoisotopic (exact) mass is 248 g/mol. The first kappa shape index (κ1) is 13.4. The van der Waals surface area contributed by atoms with Gasteiger partial charge in [-0.2, -0.15) is 0 Å². The SMILES string of the molecule is CCCOc1ccc(C2(O)CCCCCC2)cc1. The molecule has 0 unspecified atom stereocenters. The fourth-order valence-electron chi connectivity index (χ4n) is 2.68. The highest BCUT2D eigenvalue weighted by atomic mass is 16.5. The van der Waals surface area contributed by atoms with Crippen molar-refractivity contribution in [2.45, 2.75) is 57.5 Å². The standard InChI is InChI=1S/C16H24O2/c1-2-13-18-15-9-7-14(8-10-15)16(17)11-5-3-4-6-12-16/h7-10,17H,2-6,11-13H2,1H3. The largest absolute Gasteiger partial charge is 0.494 e. The third kappa shape index (κ3) is 3.26. The van der Waals surface area contributed by atoms with Gasteiger partial charge in [-0.05, 0) is 37.0 Å². The van der Waals surface area contributed by atoms with Crippen LogP contribution in [0.25, 0.3) is 0 Å². The minimum Gasteiger partial charge on any atom is -0.494 e. The molecule has 0 spiro atoms. The molecule has 0 aliphatic heterocycles. The van der Waals surface area contributed by atoms with Gasteiger partial charge in [-0.1, -0.05) is 44.7 Å². The van der Waals surface area contributed by atoms with Gasteiger partial charge in [0.1, 0.15) is 5.75 Å². The molecule has 2 rings (SSSR count). The molecule has 1 N–H and O–H groups in total. The number of aliphatic hydroxyl groups is 1. The number of hydrogen-bond donors (Lipinski definition) is 1. The Morgan fingerprint density at radius 2 is 1.67 bits per heavy atom. The number of rotatable bonds is 4. The molecule has 1 aromatic carbocycles. The second-order valence-corrected chi connectivity index (χ2v) is 5.32. The van der Waals surface area contributed by atoms with Gasteiger partial charge in [0, 0.05) is 0 Å². The molecule has 18 heavy (non-hydrogen) atoms. The molecule has 2 nitrogen and oxygen atoms in total. The predicted molar refractivity (Wildman–Crippen MR) is 73.8 cm³/mol. The van der Waals surface area contributed by atoms with Crippen LogP contribution < -0.4 is 4.74 Å². The summed E-state index contributed by atoms with van der Waals surface area (Å²) in [6, 6.07) is 8.01. The van der Waals surface area contributed by atoms with Gasteiger partial charge < -0.3 is 9.84 Å². The highest BCUT2D eigenvalue weighted by Crippen LogP contribution is 2.36. The minimum atomic E-state index is -0.611. The predicted octanol–water partition coefficient (Wildman–Crippen LogP) is 4.02. The van der Waals surface area contributed by atoms with Crippen molar-refractivity contribution in [3.8, 4) is 5.75 Å². The van der Waals surface area contributed by atoms with Gasteiger partial charge >= 0.3 is 0 Å². The van der Waals surface area contributed by atoms with Crippen LogP contribution in [-0.2, 0) is 5.60 Å². The lowest BCUT2D eigenvalue weighted by Gasteiger charge is -2.27. The van der Waals surface area contributed by atoms with Crippen molar-refractivity contribution in [2.75, 3.05) is 6.61 Å². The zero-order valence-corrected chi connectivity index (χ0v) is 11.3. The van der Waals surface area contributed by atoms with Gasteiger partial charge in [0.05, 0.1) is 12.2 Å². The zero-order valence-electron chi connectivity index (χ0n) is 11.3. The van der Waals surface area contributed by atoms with E-state index in [1.165, 1.54) is 12.8 Å². The molecule has 0 saturated heterocycles. The van der Waals surface area contributed by atoms with Crippen LogP contribution in [0.1, 0.15) is 57.4 Å². The van der Waals surface area contributed by atoms with Crippen LogP contribution in [0.15, 0.2) is 24.3 Å². The fourth-order valence-corrected chi connectivity index (χ4v) is 2.68. The molecule has 1 aliphatic carbocycles. The number of ether oxygens (including phenoxy) is 1. The molecule has 2 heteroatoms. The van der Waals surface area contributed by atoms with E-state index >= 15 is 0 Å². The molecule has 0 heterocycles. The summed E-state index contributed by atoms with van der Waals surface area (Å²) >= 11 is 0. The second-order valence-electron chi connectivity index (χ2n) is 5.32. The second kappa shape index (κ2) is 6.24. The summed E-state index contributed by atoms with van der Waals surface area (Å²) in [6.07, 6.45) is 7.56. The molecule has 0 aromatic heterocycles. The van der Waals surface area contributed by atoms with Crippen LogP contribution >= 0.6 is 0 Å². The van der Waals surface area contributed by atoms with Crippen LogP contribution in [0.4, 0.5) is 0 Å². The summed E-state index contributed by atoms with van der Waals surface area (Å²) in [5.41, 5.74) is 0.438. The summed E-state index contributed by atoms with van der Waals surface area (Å²) < 4.78 is 5.57. The van der Waals surface area contributed by atoms with E-state index in [1.54, 1.807) is 0 Å². The van der Waals surface area contributed by atoms with Gasteiger partial charge in [0.2, 0.25) is 0 Å². The van der Waals surface area contributed by atoms with Crippen molar-refractivity contribution in [3.05, 3.63) is 29.8 Å². The van der Waals surface area contributed by atoms with Crippen LogP contribution in [-0.4, -0.2) is 11.7 Å². The maximum absolute atomic E-state index is 10.7. The Morgan fingerprint density at radius 1 is 1.06 bits per heavy atom. The van der Waals surface area contributed by atoms with Crippen LogP contribution in [0.5, 0.6) is 5.75 Å². The Balaban J connectivity index is 2.07. The maximum atomic E-state index is 10.7. The lowest BCUT2D eigenvalue weighted by atomic mass is 9.86. The molecular weight excluding hydrogens is 224 g/mol. The van der Waals surface area contributed by atoms with Crippen molar-refractivity contribution in [1.82, 2.24) is 0 Å². The Hall–Kier alpha value is -1.02. The van der Waals surface area contributed by atoms with Gasteiger partial charge in [-0.3, -0.25) is 0 Å². The van der Waals surface area contributed by atoms with Gasteiger partial charge in [-0.15, -0.1) is 0 Å². The Morgan fingerprint density at radius 3 is 2.22 bits per heavy atom. The van der Waals surface area contributed by atoms with E-state index in [2.05, 4.69) is 6.92 Å². The summed E-state index contributed by atoms with van der Waals surface area (Å²) in [5.74, 6) is 0.901. The van der Waals surface area contributed by atoms with Crippen molar-refractivity contribution in [2.24, 2.45) is 0 Å². The lowest BCUT2D eigenvalue weighted by molar-refractivity contribution is 0.0207. The maximum Gasteiger partial charge on any atom is 0.119 e. The highest BCUT2D eigenvalue weighted by molar-refractivity contribution is 5.31. The average molecular weight is 248 g/mol. The molecular formula is C16H24O2. The van der Waals surface area contributed by atoms with Crippen molar-refractivity contribution in [3.63, 3.8) is 0 Å². The Labute approximate surface area is 110 Å². The summed E-state index contributed by atoms with van der Waals surface area (Å²) in [7, 11) is 0. The lowest BCUT2D eigenvalue weighted by Crippen LogP contribution is -2.24. The van der Waals surface area contributed by atoms with E-state index in [0.717, 1.165) is 50.0 Å². The van der Waals surface area contributed by atoms with Crippen molar-refractivity contribution >= 4 is 0 Å². The third-order valence-electron chi connectivity index (χ3n) is 3.80. The average Bonchev–Trinajstić information content (AvgIpc) is 2.63. The van der Waals surface area contributed by atoms with E-state index in [4.69, 9.17) is 4.74 Å². The van der Waals surface area contributed by atoms with Crippen LogP contribution in [0.2, 0.25) is 0 Å². The van der Waals surface area contributed by atoms with Crippen molar-refractivity contribution < 1.29 is 9.84 Å². The van der Waals surface area contributed by atoms with Gasteiger partial charge in [0.15, 0.2) is 0 Å². The Bertz CT molecular complexity index is 348. The first-order chi connectivity index (χ1) is 8.74. The summed E-state index contributed by atoms with van der Waals surface area (Å²) in [4.78, 5) is 0. The normalized spacial score (nSPS) is 19.2. The molecule has 1 aliphatic rings. The first-order valence-corrected chi connectivity index (χ1v) is 7.20. The molecule has 0 atom stereocenters. The third-order valence-corrected chi connectivity index (χ3v) is 3.80. The topological polar surface area (TPSA) is 29.5 Å². The molecule has 0 amide bonds. The molecule has 0 radical (unpaired) electrons. The Kier molecular flexibility index (Phi) is 4.65. The zero-order chi connectivity index (χ0) is 12.8. The van der Waals surface area contributed by atoms with Crippen molar-refractivity contribution in [1.29, 1.82) is 0 Å². The summed E-state index contributed by atoms with van der Waals surface area (Å²) in [6.45, 7) is 2.85. The number of benzene rings is 1. The smallest absolute Gasteiger partial charge is 0.119 e. The quantitative estimate of drug-likeness (QED) is 0.816. The molecule has 1 aromatic rings. The first-order valence-electron chi connectivity index (χ1n) is 7.20. The van der Waals surface area contributed by atoms with Gasteiger partial charge in [0.25, 0.3) is 0 Å². The highest BCUT2D eigenvalue weighted by Gasteiger charge is 2.29. The summed E-state index contributed by atoms with van der Waals surface area (Å²) in [5, 5.41) is 10.7. The van der Waals surface area contributed by atoms with E-state index in [0.29, 0.717) is 0 Å². The van der Waals surface area contributed by atoms with Crippen LogP contribution in [0.3, 0.4) is 0 Å². The van der Waals surface area contributed by atoms with E-state index in [-0.39, 0.29) is 0 Å². The van der Waals surface area contributed by atoms with E-state index in [1.807, 2.05) is 24.3 Å². The minimum absolute atomic E-state index is 0.611. The van der Waals surface area contributed by atoms with Crippen LogP contribution in [0, 0.1) is 0 Å². The molecule has 1 saturated carbocycles. The van der Waals surface area contributed by atoms with E-state index in [9.17, 15) is 5.11 Å². The fraction of sp³-hybridized carbons (Fsp3) is 0.625. The molecule has 1 fully saturated rings. The molecule has 0 bridgehead atoms. The molecule has 100 valence electrons. The van der Waals surface area contributed by atoms with Gasteiger partial charge in [-0.25, -0.2) is 0 Å². The van der Waals surface area contributed by atoms with E-state index < -0.39 is 5.60 Å². The number of hydrogen-bond acceptors (Lipinski definition) is 2.